The maximum Gasteiger partial charge on any atom is 0.136 e. The van der Waals surface area contributed by atoms with Crippen LogP contribution >= 0.6 is 70.6 Å². The van der Waals surface area contributed by atoms with Crippen molar-refractivity contribution in [3.8, 4) is 0 Å². The summed E-state index contributed by atoms with van der Waals surface area (Å²) < 4.78 is 0.621. The van der Waals surface area contributed by atoms with Crippen LogP contribution < -0.4 is 0 Å². The Balaban J connectivity index is 2.06. The molecule has 0 aromatic heterocycles. The number of aliphatic hydroxyl groups excluding tert-OH is 1. The topological polar surface area (TPSA) is 20.2 Å². The monoisotopic (exact) mass is 316 g/mol. The molecule has 4 bridgehead atoms. The van der Waals surface area contributed by atoms with Gasteiger partial charge in [-0.1, -0.05) is 0 Å². The van der Waals surface area contributed by atoms with Crippen molar-refractivity contribution in [2.75, 3.05) is 6.61 Å². The zero-order valence-electron chi connectivity index (χ0n) is 8.60. The minimum atomic E-state index is -0.0278. The molecule has 4 aliphatic heterocycles. The summed E-state index contributed by atoms with van der Waals surface area (Å²) in [6.07, 6.45) is 0. The zero-order valence-corrected chi connectivity index (χ0v) is 13.5. The molecule has 7 heteroatoms. The highest BCUT2D eigenvalue weighted by Crippen LogP contribution is 2.88. The van der Waals surface area contributed by atoms with E-state index >= 15 is 0 Å². The van der Waals surface area contributed by atoms with Crippen LogP contribution in [-0.2, 0) is 0 Å². The zero-order chi connectivity index (χ0) is 10.9. The third-order valence-corrected chi connectivity index (χ3v) is 13.0. The molecule has 0 unspecified atom stereocenters. The van der Waals surface area contributed by atoms with Gasteiger partial charge in [0.25, 0.3) is 0 Å². The Labute approximate surface area is 116 Å². The molecule has 4 fully saturated rings. The molecule has 0 atom stereocenters. The van der Waals surface area contributed by atoms with Crippen molar-refractivity contribution >= 4 is 70.6 Å². The summed E-state index contributed by atoms with van der Waals surface area (Å²) >= 11 is 12.0. The summed E-state index contributed by atoms with van der Waals surface area (Å²) in [5.41, 5.74) is 0. The van der Waals surface area contributed by atoms with Crippen LogP contribution in [0.2, 0.25) is 0 Å². The second kappa shape index (κ2) is 3.33. The Morgan fingerprint density at radius 3 is 1.33 bits per heavy atom. The molecular formula is C8H12OS6. The first-order valence-electron chi connectivity index (χ1n) is 4.62. The van der Waals surface area contributed by atoms with E-state index < -0.39 is 0 Å². The Kier molecular flexibility index (Phi) is 2.69. The van der Waals surface area contributed by atoms with Gasteiger partial charge in [0, 0.05) is 0 Å². The van der Waals surface area contributed by atoms with Crippen LogP contribution in [0.25, 0.3) is 0 Å². The molecule has 0 saturated carbocycles. The summed E-state index contributed by atoms with van der Waals surface area (Å²) in [5.74, 6) is 0. The average Bonchev–Trinajstić information content (AvgIpc) is 1.94. The summed E-state index contributed by atoms with van der Waals surface area (Å²) in [4.78, 5) is 0. The number of hydrogen-bond acceptors (Lipinski definition) is 7. The van der Waals surface area contributed by atoms with Gasteiger partial charge in [0.15, 0.2) is 0 Å². The second-order valence-corrected chi connectivity index (χ2v) is 17.8. The van der Waals surface area contributed by atoms with Crippen molar-refractivity contribution < 1.29 is 5.11 Å². The number of thioether (sulfide) groups is 6. The highest BCUT2D eigenvalue weighted by atomic mass is 32.4. The molecule has 4 aliphatic rings. The fourth-order valence-corrected chi connectivity index (χ4v) is 23.5. The number of rotatable bonds is 1. The van der Waals surface area contributed by atoms with E-state index in [4.69, 9.17) is 0 Å². The van der Waals surface area contributed by atoms with Gasteiger partial charge < -0.3 is 5.11 Å². The molecule has 86 valence electrons. The third kappa shape index (κ3) is 1.88. The summed E-state index contributed by atoms with van der Waals surface area (Å²) in [7, 11) is 0. The van der Waals surface area contributed by atoms with E-state index in [-0.39, 0.29) is 20.3 Å². The predicted molar refractivity (Wildman–Crippen MR) is 80.6 cm³/mol. The molecule has 0 amide bonds. The summed E-state index contributed by atoms with van der Waals surface area (Å²) in [6.45, 7) is 7.21. The van der Waals surface area contributed by atoms with Crippen LogP contribution in [0.4, 0.5) is 0 Å². The molecule has 15 heavy (non-hydrogen) atoms. The number of hydrogen-bond donors (Lipinski definition) is 1. The SMILES string of the molecule is CC12SC3(C)SC(C)(S1)SC(CO)(S2)S3. The van der Waals surface area contributed by atoms with Crippen molar-refractivity contribution in [3.63, 3.8) is 0 Å². The summed E-state index contributed by atoms with van der Waals surface area (Å²) in [6, 6.07) is 0. The maximum absolute atomic E-state index is 9.68. The molecular weight excluding hydrogens is 304 g/mol. The predicted octanol–water partition coefficient (Wildman–Crippen LogP) is 4.09. The highest BCUT2D eigenvalue weighted by Gasteiger charge is 2.68. The van der Waals surface area contributed by atoms with Crippen LogP contribution in [0.5, 0.6) is 0 Å². The van der Waals surface area contributed by atoms with Gasteiger partial charge in [-0.15, -0.1) is 70.6 Å². The minimum Gasteiger partial charge on any atom is -0.393 e. The normalized spacial score (nSPS) is 62.4. The lowest BCUT2D eigenvalue weighted by molar-refractivity contribution is 0.308. The maximum atomic E-state index is 9.68. The Morgan fingerprint density at radius 2 is 1.07 bits per heavy atom. The first-order chi connectivity index (χ1) is 6.80. The van der Waals surface area contributed by atoms with Gasteiger partial charge in [0.1, 0.15) is 13.6 Å². The van der Waals surface area contributed by atoms with Gasteiger partial charge in [-0.2, -0.15) is 0 Å². The van der Waals surface area contributed by atoms with E-state index in [1.165, 1.54) is 0 Å². The first-order valence-corrected chi connectivity index (χ1v) is 9.52. The van der Waals surface area contributed by atoms with E-state index in [1.54, 1.807) is 0 Å². The molecule has 0 aliphatic carbocycles. The minimum absolute atomic E-state index is 0.0278. The smallest absolute Gasteiger partial charge is 0.136 e. The van der Waals surface area contributed by atoms with E-state index in [0.29, 0.717) is 0 Å². The van der Waals surface area contributed by atoms with Crippen LogP contribution in [0.1, 0.15) is 20.8 Å². The summed E-state index contributed by atoms with van der Waals surface area (Å²) in [5, 5.41) is 9.68. The van der Waals surface area contributed by atoms with Crippen LogP contribution in [0.15, 0.2) is 0 Å². The van der Waals surface area contributed by atoms with E-state index in [0.717, 1.165) is 0 Å². The Bertz CT molecular complexity index is 267. The van der Waals surface area contributed by atoms with Crippen molar-refractivity contribution in [2.45, 2.75) is 34.4 Å². The third-order valence-electron chi connectivity index (χ3n) is 2.33. The molecule has 1 N–H and O–H groups in total. The van der Waals surface area contributed by atoms with Crippen molar-refractivity contribution in [1.82, 2.24) is 0 Å². The molecule has 0 aromatic carbocycles. The largest absolute Gasteiger partial charge is 0.393 e. The quantitative estimate of drug-likeness (QED) is 0.776. The van der Waals surface area contributed by atoms with E-state index in [2.05, 4.69) is 56.1 Å². The standard InChI is InChI=1S/C8H12OS6/c1-5-10-6(2)12-7(3,11-5)15-8(4-9,13-5)14-6/h9H,4H2,1-3H3. The second-order valence-electron chi connectivity index (χ2n) is 4.04. The van der Waals surface area contributed by atoms with Crippen molar-refractivity contribution in [1.29, 1.82) is 0 Å². The Morgan fingerprint density at radius 1 is 0.733 bits per heavy atom. The van der Waals surface area contributed by atoms with Gasteiger partial charge in [0.05, 0.1) is 6.61 Å². The molecule has 4 heterocycles. The lowest BCUT2D eigenvalue weighted by Crippen LogP contribution is -2.52. The lowest BCUT2D eigenvalue weighted by atomic mass is 10.8. The van der Waals surface area contributed by atoms with E-state index in [1.807, 2.05) is 35.3 Å². The Hall–Kier alpha value is 2.06. The molecule has 4 saturated heterocycles. The first kappa shape index (κ1) is 12.1. The molecule has 0 aromatic rings. The number of aliphatic hydroxyl groups is 1. The molecule has 1 nitrogen and oxygen atoms in total. The van der Waals surface area contributed by atoms with Gasteiger partial charge in [-0.05, 0) is 20.8 Å². The van der Waals surface area contributed by atoms with Gasteiger partial charge in [-0.3, -0.25) is 0 Å². The molecule has 0 spiro atoms. The fourth-order valence-electron chi connectivity index (χ4n) is 2.20. The molecule has 0 radical (unpaired) electrons. The fraction of sp³-hybridized carbons (Fsp3) is 1.00. The lowest BCUT2D eigenvalue weighted by Gasteiger charge is -2.64. The van der Waals surface area contributed by atoms with Crippen molar-refractivity contribution in [3.05, 3.63) is 0 Å². The van der Waals surface area contributed by atoms with Gasteiger partial charge in [0.2, 0.25) is 0 Å². The molecule has 4 rings (SSSR count). The van der Waals surface area contributed by atoms with Crippen LogP contribution in [0.3, 0.4) is 0 Å². The van der Waals surface area contributed by atoms with Gasteiger partial charge >= 0.3 is 0 Å². The van der Waals surface area contributed by atoms with Crippen LogP contribution in [0, 0.1) is 0 Å². The highest BCUT2D eigenvalue weighted by molar-refractivity contribution is 8.64. The van der Waals surface area contributed by atoms with Crippen molar-refractivity contribution in [2.24, 2.45) is 0 Å². The average molecular weight is 317 g/mol. The van der Waals surface area contributed by atoms with Crippen LogP contribution in [-0.4, -0.2) is 25.4 Å². The van der Waals surface area contributed by atoms with Gasteiger partial charge in [-0.25, -0.2) is 0 Å². The van der Waals surface area contributed by atoms with E-state index in [9.17, 15) is 5.11 Å².